The average molecular weight is 179 g/mol. The SMILES string of the molecule is Cc1ccoc1CNC(C)C1CC1. The molecule has 0 amide bonds. The van der Waals surface area contributed by atoms with E-state index in [4.69, 9.17) is 4.42 Å². The van der Waals surface area contributed by atoms with Crippen LogP contribution in [0.1, 0.15) is 31.1 Å². The molecule has 13 heavy (non-hydrogen) atoms. The Morgan fingerprint density at radius 3 is 2.92 bits per heavy atom. The van der Waals surface area contributed by atoms with E-state index in [1.54, 1.807) is 6.26 Å². The van der Waals surface area contributed by atoms with Crippen molar-refractivity contribution in [3.8, 4) is 0 Å². The topological polar surface area (TPSA) is 25.2 Å². The van der Waals surface area contributed by atoms with Crippen LogP contribution in [0.5, 0.6) is 0 Å². The fourth-order valence-electron chi connectivity index (χ4n) is 1.60. The number of rotatable bonds is 4. The molecule has 1 aromatic heterocycles. The van der Waals surface area contributed by atoms with Gasteiger partial charge in [0, 0.05) is 6.04 Å². The Morgan fingerprint density at radius 2 is 2.38 bits per heavy atom. The zero-order valence-electron chi connectivity index (χ0n) is 8.34. The summed E-state index contributed by atoms with van der Waals surface area (Å²) in [6.45, 7) is 5.22. The second kappa shape index (κ2) is 3.54. The third kappa shape index (κ3) is 2.13. The van der Waals surface area contributed by atoms with Crippen LogP contribution in [0, 0.1) is 12.8 Å². The molecule has 2 nitrogen and oxygen atoms in total. The number of nitrogens with one attached hydrogen (secondary N) is 1. The van der Waals surface area contributed by atoms with Gasteiger partial charge in [0.25, 0.3) is 0 Å². The second-order valence-corrected chi connectivity index (χ2v) is 4.03. The first-order valence-electron chi connectivity index (χ1n) is 5.03. The molecule has 1 aliphatic carbocycles. The Labute approximate surface area is 79.3 Å². The van der Waals surface area contributed by atoms with Gasteiger partial charge >= 0.3 is 0 Å². The van der Waals surface area contributed by atoms with Crippen molar-refractivity contribution in [2.24, 2.45) is 5.92 Å². The van der Waals surface area contributed by atoms with E-state index in [9.17, 15) is 0 Å². The lowest BCUT2D eigenvalue weighted by Crippen LogP contribution is -2.27. The van der Waals surface area contributed by atoms with Gasteiger partial charge < -0.3 is 9.73 Å². The molecule has 0 radical (unpaired) electrons. The van der Waals surface area contributed by atoms with Crippen LogP contribution in [0.15, 0.2) is 16.7 Å². The van der Waals surface area contributed by atoms with Gasteiger partial charge in [-0.2, -0.15) is 0 Å². The van der Waals surface area contributed by atoms with Crippen LogP contribution in [0.3, 0.4) is 0 Å². The highest BCUT2D eigenvalue weighted by Gasteiger charge is 2.27. The molecule has 0 aromatic carbocycles. The average Bonchev–Trinajstić information content (AvgIpc) is 2.88. The maximum Gasteiger partial charge on any atom is 0.120 e. The van der Waals surface area contributed by atoms with Gasteiger partial charge in [-0.25, -0.2) is 0 Å². The molecule has 1 saturated carbocycles. The second-order valence-electron chi connectivity index (χ2n) is 4.03. The molecule has 1 aromatic rings. The van der Waals surface area contributed by atoms with Crippen molar-refractivity contribution in [1.29, 1.82) is 0 Å². The molecule has 1 unspecified atom stereocenters. The molecular formula is C11H17NO. The standard InChI is InChI=1S/C11H17NO/c1-8-5-6-13-11(8)7-12-9(2)10-3-4-10/h5-6,9-10,12H,3-4,7H2,1-2H3. The van der Waals surface area contributed by atoms with E-state index >= 15 is 0 Å². The largest absolute Gasteiger partial charge is 0.468 e. The van der Waals surface area contributed by atoms with Gasteiger partial charge in [-0.1, -0.05) is 0 Å². The van der Waals surface area contributed by atoms with E-state index in [0.717, 1.165) is 18.2 Å². The van der Waals surface area contributed by atoms with Gasteiger partial charge in [-0.3, -0.25) is 0 Å². The predicted octanol–water partition coefficient (Wildman–Crippen LogP) is 2.48. The van der Waals surface area contributed by atoms with Crippen LogP contribution >= 0.6 is 0 Å². The van der Waals surface area contributed by atoms with Crippen LogP contribution in [0.2, 0.25) is 0 Å². The van der Waals surface area contributed by atoms with Crippen molar-refractivity contribution in [2.45, 2.75) is 39.3 Å². The molecule has 72 valence electrons. The molecule has 2 heteroatoms. The van der Waals surface area contributed by atoms with E-state index in [1.807, 2.05) is 6.07 Å². The van der Waals surface area contributed by atoms with E-state index in [1.165, 1.54) is 18.4 Å². The van der Waals surface area contributed by atoms with Crippen LogP contribution in [-0.4, -0.2) is 6.04 Å². The Balaban J connectivity index is 1.81. The van der Waals surface area contributed by atoms with Crippen molar-refractivity contribution in [2.75, 3.05) is 0 Å². The van der Waals surface area contributed by atoms with Gasteiger partial charge in [0.05, 0.1) is 12.8 Å². The lowest BCUT2D eigenvalue weighted by atomic mass is 10.2. The maximum absolute atomic E-state index is 5.35. The van der Waals surface area contributed by atoms with Crippen molar-refractivity contribution < 1.29 is 4.42 Å². The van der Waals surface area contributed by atoms with Crippen LogP contribution in [-0.2, 0) is 6.54 Å². The molecular weight excluding hydrogens is 162 g/mol. The molecule has 1 heterocycles. The molecule has 1 fully saturated rings. The van der Waals surface area contributed by atoms with Crippen molar-refractivity contribution in [3.05, 3.63) is 23.7 Å². The van der Waals surface area contributed by atoms with Crippen molar-refractivity contribution >= 4 is 0 Å². The predicted molar refractivity (Wildman–Crippen MR) is 52.5 cm³/mol. The minimum atomic E-state index is 0.643. The fourth-order valence-corrected chi connectivity index (χ4v) is 1.60. The fraction of sp³-hybridized carbons (Fsp3) is 0.636. The molecule has 1 atom stereocenters. The normalized spacial score (nSPS) is 18.9. The van der Waals surface area contributed by atoms with Crippen LogP contribution in [0.25, 0.3) is 0 Å². The van der Waals surface area contributed by atoms with Gasteiger partial charge in [0.2, 0.25) is 0 Å². The van der Waals surface area contributed by atoms with Gasteiger partial charge in [-0.15, -0.1) is 0 Å². The zero-order valence-corrected chi connectivity index (χ0v) is 8.34. The minimum Gasteiger partial charge on any atom is -0.468 e. The van der Waals surface area contributed by atoms with Crippen LogP contribution in [0.4, 0.5) is 0 Å². The number of furan rings is 1. The summed E-state index contributed by atoms with van der Waals surface area (Å²) in [5, 5.41) is 3.49. The molecule has 2 rings (SSSR count). The third-order valence-electron chi connectivity index (χ3n) is 2.88. The minimum absolute atomic E-state index is 0.643. The molecule has 1 N–H and O–H groups in total. The Hall–Kier alpha value is -0.760. The highest BCUT2D eigenvalue weighted by Crippen LogP contribution is 2.32. The monoisotopic (exact) mass is 179 g/mol. The number of hydrogen-bond acceptors (Lipinski definition) is 2. The number of hydrogen-bond donors (Lipinski definition) is 1. The molecule has 0 aliphatic heterocycles. The van der Waals surface area contributed by atoms with Crippen molar-refractivity contribution in [1.82, 2.24) is 5.32 Å². The Bertz CT molecular complexity index is 275. The molecule has 0 saturated heterocycles. The summed E-state index contributed by atoms with van der Waals surface area (Å²) in [5.74, 6) is 1.99. The molecule has 1 aliphatic rings. The van der Waals surface area contributed by atoms with Crippen molar-refractivity contribution in [3.63, 3.8) is 0 Å². The Morgan fingerprint density at radius 1 is 1.62 bits per heavy atom. The summed E-state index contributed by atoms with van der Waals surface area (Å²) in [6.07, 6.45) is 4.55. The molecule has 0 spiro atoms. The quantitative estimate of drug-likeness (QED) is 0.768. The molecule has 0 bridgehead atoms. The van der Waals surface area contributed by atoms with Gasteiger partial charge in [-0.05, 0) is 44.2 Å². The van der Waals surface area contributed by atoms with E-state index in [-0.39, 0.29) is 0 Å². The highest BCUT2D eigenvalue weighted by atomic mass is 16.3. The van der Waals surface area contributed by atoms with Crippen LogP contribution < -0.4 is 5.32 Å². The maximum atomic E-state index is 5.35. The first-order valence-corrected chi connectivity index (χ1v) is 5.03. The summed E-state index contributed by atoms with van der Waals surface area (Å²) < 4.78 is 5.35. The zero-order chi connectivity index (χ0) is 9.26. The van der Waals surface area contributed by atoms with Gasteiger partial charge in [0.15, 0.2) is 0 Å². The lowest BCUT2D eigenvalue weighted by molar-refractivity contribution is 0.433. The van der Waals surface area contributed by atoms with E-state index < -0.39 is 0 Å². The summed E-state index contributed by atoms with van der Waals surface area (Å²) in [5.41, 5.74) is 1.25. The Kier molecular flexibility index (Phi) is 2.40. The number of aryl methyl sites for hydroxylation is 1. The smallest absolute Gasteiger partial charge is 0.120 e. The summed E-state index contributed by atoms with van der Waals surface area (Å²) in [4.78, 5) is 0. The first kappa shape index (κ1) is 8.82. The lowest BCUT2D eigenvalue weighted by Gasteiger charge is -2.11. The van der Waals surface area contributed by atoms with E-state index in [0.29, 0.717) is 6.04 Å². The first-order chi connectivity index (χ1) is 6.27. The third-order valence-corrected chi connectivity index (χ3v) is 2.88. The summed E-state index contributed by atoms with van der Waals surface area (Å²) >= 11 is 0. The highest BCUT2D eigenvalue weighted by molar-refractivity contribution is 5.14. The van der Waals surface area contributed by atoms with E-state index in [2.05, 4.69) is 19.2 Å². The summed E-state index contributed by atoms with van der Waals surface area (Å²) in [6, 6.07) is 2.66. The summed E-state index contributed by atoms with van der Waals surface area (Å²) in [7, 11) is 0. The van der Waals surface area contributed by atoms with Gasteiger partial charge in [0.1, 0.15) is 5.76 Å².